The van der Waals surface area contributed by atoms with Crippen LogP contribution in [0.2, 0.25) is 0 Å². The van der Waals surface area contributed by atoms with Crippen LogP contribution < -0.4 is 5.32 Å². The van der Waals surface area contributed by atoms with Gasteiger partial charge in [-0.15, -0.1) is 11.3 Å². The summed E-state index contributed by atoms with van der Waals surface area (Å²) in [6.45, 7) is 11.1. The fourth-order valence-electron chi connectivity index (χ4n) is 3.16. The first-order valence-electron chi connectivity index (χ1n) is 8.47. The van der Waals surface area contributed by atoms with E-state index in [2.05, 4.69) is 53.4 Å². The van der Waals surface area contributed by atoms with Crippen molar-refractivity contribution in [1.29, 1.82) is 0 Å². The predicted octanol–water partition coefficient (Wildman–Crippen LogP) is 2.73. The number of nitrogens with zero attached hydrogens (tertiary/aromatic N) is 2. The highest BCUT2D eigenvalue weighted by atomic mass is 32.1. The molecule has 1 N–H and O–H groups in total. The molecule has 1 aliphatic rings. The van der Waals surface area contributed by atoms with Gasteiger partial charge in [0.25, 0.3) is 0 Å². The fraction of sp³-hybridized carbons (Fsp3) is 0.706. The Labute approximate surface area is 138 Å². The highest BCUT2D eigenvalue weighted by Gasteiger charge is 2.35. The molecule has 4 nitrogen and oxygen atoms in total. The van der Waals surface area contributed by atoms with Crippen molar-refractivity contribution in [3.05, 3.63) is 22.4 Å². The minimum absolute atomic E-state index is 0.116. The number of hydrogen-bond acceptors (Lipinski definition) is 4. The van der Waals surface area contributed by atoms with E-state index in [0.29, 0.717) is 6.04 Å². The van der Waals surface area contributed by atoms with Crippen LogP contribution in [0.25, 0.3) is 0 Å². The number of nitrogens with one attached hydrogen (secondary N) is 1. The average molecular weight is 324 g/mol. The Morgan fingerprint density at radius 2 is 2.18 bits per heavy atom. The highest BCUT2D eigenvalue weighted by molar-refractivity contribution is 7.10. The molecular weight excluding hydrogens is 294 g/mol. The molecule has 1 aromatic heterocycles. The van der Waals surface area contributed by atoms with Crippen LogP contribution in [0.3, 0.4) is 0 Å². The number of piperazine rings is 1. The summed E-state index contributed by atoms with van der Waals surface area (Å²) >= 11 is 1.70. The Morgan fingerprint density at radius 3 is 2.73 bits per heavy atom. The van der Waals surface area contributed by atoms with Crippen LogP contribution in [-0.4, -0.2) is 54.5 Å². The van der Waals surface area contributed by atoms with E-state index in [-0.39, 0.29) is 11.9 Å². The minimum atomic E-state index is -0.116. The van der Waals surface area contributed by atoms with Gasteiger partial charge in [0.1, 0.15) is 6.04 Å². The number of carbonyl (C=O) groups excluding carboxylic acids is 1. The van der Waals surface area contributed by atoms with E-state index >= 15 is 0 Å². The van der Waals surface area contributed by atoms with Gasteiger partial charge < -0.3 is 10.2 Å². The zero-order valence-corrected chi connectivity index (χ0v) is 14.9. The monoisotopic (exact) mass is 323 g/mol. The fourth-order valence-corrected chi connectivity index (χ4v) is 4.00. The molecule has 0 aromatic carbocycles. The van der Waals surface area contributed by atoms with Crippen molar-refractivity contribution in [1.82, 2.24) is 15.1 Å². The second kappa shape index (κ2) is 8.65. The van der Waals surface area contributed by atoms with Crippen molar-refractivity contribution in [3.8, 4) is 0 Å². The Kier molecular flexibility index (Phi) is 6.86. The van der Waals surface area contributed by atoms with E-state index in [1.54, 1.807) is 11.3 Å². The number of hydrogen-bond donors (Lipinski definition) is 1. The first kappa shape index (κ1) is 17.4. The Hall–Kier alpha value is -0.910. The zero-order valence-electron chi connectivity index (χ0n) is 14.0. The normalized spacial score (nSPS) is 20.8. The Balaban J connectivity index is 2.25. The molecule has 0 saturated carbocycles. The van der Waals surface area contributed by atoms with Crippen LogP contribution in [0.4, 0.5) is 0 Å². The molecule has 2 heterocycles. The first-order chi connectivity index (χ1) is 10.7. The summed E-state index contributed by atoms with van der Waals surface area (Å²) in [7, 11) is 0. The third kappa shape index (κ3) is 4.09. The smallest absolute Gasteiger partial charge is 0.245 e. The highest BCUT2D eigenvalue weighted by Crippen LogP contribution is 2.29. The maximum Gasteiger partial charge on any atom is 0.245 e. The largest absolute Gasteiger partial charge is 0.341 e. The molecule has 0 aliphatic carbocycles. The molecule has 1 amide bonds. The van der Waals surface area contributed by atoms with E-state index in [9.17, 15) is 4.79 Å². The third-order valence-electron chi connectivity index (χ3n) is 4.23. The molecule has 2 atom stereocenters. The molecule has 5 heteroatoms. The van der Waals surface area contributed by atoms with Crippen molar-refractivity contribution in [2.24, 2.45) is 0 Å². The molecule has 2 unspecified atom stereocenters. The van der Waals surface area contributed by atoms with Crippen LogP contribution in [0.1, 0.15) is 44.5 Å². The van der Waals surface area contributed by atoms with Crippen molar-refractivity contribution in [3.63, 3.8) is 0 Å². The van der Waals surface area contributed by atoms with E-state index in [0.717, 1.165) is 45.6 Å². The lowest BCUT2D eigenvalue weighted by Crippen LogP contribution is -2.54. The summed E-state index contributed by atoms with van der Waals surface area (Å²) in [4.78, 5) is 18.8. The van der Waals surface area contributed by atoms with Crippen molar-refractivity contribution >= 4 is 17.2 Å². The summed E-state index contributed by atoms with van der Waals surface area (Å²) in [5.41, 5.74) is 0. The number of rotatable bonds is 7. The average Bonchev–Trinajstić information content (AvgIpc) is 3.03. The summed E-state index contributed by atoms with van der Waals surface area (Å²) in [5, 5.41) is 5.50. The van der Waals surface area contributed by atoms with Gasteiger partial charge in [-0.3, -0.25) is 9.69 Å². The van der Waals surface area contributed by atoms with Gasteiger partial charge >= 0.3 is 0 Å². The molecule has 0 bridgehead atoms. The predicted molar refractivity (Wildman–Crippen MR) is 93.3 cm³/mol. The quantitative estimate of drug-likeness (QED) is 0.838. The maximum atomic E-state index is 13.2. The first-order valence-corrected chi connectivity index (χ1v) is 9.35. The molecule has 1 fully saturated rings. The SMILES string of the molecule is CCCN(CCC)C(=O)C(c1cccs1)N1CCNCC1C. The van der Waals surface area contributed by atoms with E-state index in [1.807, 2.05) is 0 Å². The van der Waals surface area contributed by atoms with Crippen molar-refractivity contribution in [2.45, 2.75) is 45.7 Å². The number of amides is 1. The van der Waals surface area contributed by atoms with Gasteiger partial charge in [-0.2, -0.15) is 0 Å². The maximum absolute atomic E-state index is 13.2. The second-order valence-corrected chi connectivity index (χ2v) is 7.01. The summed E-state index contributed by atoms with van der Waals surface area (Å²) in [6.07, 6.45) is 2.03. The number of thiophene rings is 1. The van der Waals surface area contributed by atoms with Gasteiger partial charge in [0.05, 0.1) is 0 Å². The minimum Gasteiger partial charge on any atom is -0.341 e. The lowest BCUT2D eigenvalue weighted by atomic mass is 10.1. The third-order valence-corrected chi connectivity index (χ3v) is 5.15. The van der Waals surface area contributed by atoms with Gasteiger partial charge in [0, 0.05) is 43.6 Å². The molecule has 124 valence electrons. The van der Waals surface area contributed by atoms with Crippen LogP contribution >= 0.6 is 11.3 Å². The summed E-state index contributed by atoms with van der Waals surface area (Å²) < 4.78 is 0. The summed E-state index contributed by atoms with van der Waals surface area (Å²) in [6, 6.07) is 4.43. The molecule has 2 rings (SSSR count). The number of carbonyl (C=O) groups is 1. The Bertz CT molecular complexity index is 443. The van der Waals surface area contributed by atoms with Crippen LogP contribution in [-0.2, 0) is 4.79 Å². The van der Waals surface area contributed by atoms with Crippen molar-refractivity contribution in [2.75, 3.05) is 32.7 Å². The van der Waals surface area contributed by atoms with Gasteiger partial charge in [-0.25, -0.2) is 0 Å². The molecule has 1 saturated heterocycles. The van der Waals surface area contributed by atoms with Crippen LogP contribution in [0, 0.1) is 0 Å². The lowest BCUT2D eigenvalue weighted by Gasteiger charge is -2.40. The zero-order chi connectivity index (χ0) is 15.9. The van der Waals surface area contributed by atoms with Crippen LogP contribution in [0.15, 0.2) is 17.5 Å². The van der Waals surface area contributed by atoms with Gasteiger partial charge in [-0.05, 0) is 31.2 Å². The van der Waals surface area contributed by atoms with E-state index < -0.39 is 0 Å². The van der Waals surface area contributed by atoms with Crippen LogP contribution in [0.5, 0.6) is 0 Å². The van der Waals surface area contributed by atoms with Crippen molar-refractivity contribution < 1.29 is 4.79 Å². The molecular formula is C17H29N3OS. The Morgan fingerprint density at radius 1 is 1.45 bits per heavy atom. The van der Waals surface area contributed by atoms with E-state index in [1.165, 1.54) is 4.88 Å². The second-order valence-electron chi connectivity index (χ2n) is 6.03. The molecule has 0 radical (unpaired) electrons. The topological polar surface area (TPSA) is 35.6 Å². The lowest BCUT2D eigenvalue weighted by molar-refractivity contribution is -0.138. The van der Waals surface area contributed by atoms with E-state index in [4.69, 9.17) is 0 Å². The molecule has 1 aliphatic heterocycles. The van der Waals surface area contributed by atoms with Gasteiger partial charge in [0.15, 0.2) is 0 Å². The van der Waals surface area contributed by atoms with Gasteiger partial charge in [-0.1, -0.05) is 19.9 Å². The molecule has 0 spiro atoms. The standard InChI is InChI=1S/C17H29N3OS/c1-4-9-19(10-5-2)17(21)16(15-7-6-12-22-15)20-11-8-18-13-14(20)3/h6-7,12,14,16,18H,4-5,8-11,13H2,1-3H3. The van der Waals surface area contributed by atoms with Gasteiger partial charge in [0.2, 0.25) is 5.91 Å². The summed E-state index contributed by atoms with van der Waals surface area (Å²) in [5.74, 6) is 0.278. The molecule has 22 heavy (non-hydrogen) atoms. The molecule has 1 aromatic rings.